The van der Waals surface area contributed by atoms with Gasteiger partial charge in [0.15, 0.2) is 6.10 Å². The van der Waals surface area contributed by atoms with Gasteiger partial charge < -0.3 is 14.2 Å². The summed E-state index contributed by atoms with van der Waals surface area (Å²) in [7, 11) is 0. The quantitative estimate of drug-likeness (QED) is 0.855. The molecule has 0 aliphatic carbocycles. The molecule has 4 rings (SSSR count). The number of carbonyl (C=O) groups is 1. The summed E-state index contributed by atoms with van der Waals surface area (Å²) in [5.41, 5.74) is 3.37. The number of carbonyl (C=O) groups excluding carboxylic acids is 1. The molecule has 25 heavy (non-hydrogen) atoms. The standard InChI is InChI=1S/C19H23N3O3/c1-14-2-4-17-15(12-14)3-5-18(25-17)19(23)22-9-7-21(8-10-22)13-16-6-11-24-20-16/h2,4,6,11-12,18H,3,5,7-10,13H2,1H3. The highest BCUT2D eigenvalue weighted by Crippen LogP contribution is 2.29. The topological polar surface area (TPSA) is 58.8 Å². The third-order valence-corrected chi connectivity index (χ3v) is 5.00. The van der Waals surface area contributed by atoms with Gasteiger partial charge in [-0.3, -0.25) is 9.69 Å². The summed E-state index contributed by atoms with van der Waals surface area (Å²) in [6.45, 7) is 6.01. The molecule has 6 heteroatoms. The number of rotatable bonds is 3. The molecular formula is C19H23N3O3. The largest absolute Gasteiger partial charge is 0.480 e. The van der Waals surface area contributed by atoms with E-state index in [2.05, 4.69) is 23.0 Å². The molecule has 1 aromatic carbocycles. The Morgan fingerprint density at radius 1 is 1.24 bits per heavy atom. The van der Waals surface area contributed by atoms with Crippen LogP contribution < -0.4 is 4.74 Å². The molecule has 3 heterocycles. The number of hydrogen-bond acceptors (Lipinski definition) is 5. The first-order valence-corrected chi connectivity index (χ1v) is 8.85. The van der Waals surface area contributed by atoms with E-state index in [1.54, 1.807) is 6.26 Å². The van der Waals surface area contributed by atoms with Crippen molar-refractivity contribution in [2.45, 2.75) is 32.4 Å². The first-order chi connectivity index (χ1) is 12.2. The van der Waals surface area contributed by atoms with Gasteiger partial charge in [-0.15, -0.1) is 0 Å². The average Bonchev–Trinajstić information content (AvgIpc) is 3.14. The van der Waals surface area contributed by atoms with Crippen LogP contribution in [0.3, 0.4) is 0 Å². The number of hydrogen-bond donors (Lipinski definition) is 0. The van der Waals surface area contributed by atoms with Crippen LogP contribution in [0.2, 0.25) is 0 Å². The van der Waals surface area contributed by atoms with E-state index >= 15 is 0 Å². The summed E-state index contributed by atoms with van der Waals surface area (Å²) >= 11 is 0. The van der Waals surface area contributed by atoms with Crippen molar-refractivity contribution in [3.63, 3.8) is 0 Å². The minimum absolute atomic E-state index is 0.118. The maximum Gasteiger partial charge on any atom is 0.263 e. The molecule has 2 aliphatic rings. The number of aromatic nitrogens is 1. The highest BCUT2D eigenvalue weighted by atomic mass is 16.5. The highest BCUT2D eigenvalue weighted by Gasteiger charge is 2.31. The fourth-order valence-corrected chi connectivity index (χ4v) is 3.57. The number of piperazine rings is 1. The first-order valence-electron chi connectivity index (χ1n) is 8.85. The monoisotopic (exact) mass is 341 g/mol. The molecule has 0 spiro atoms. The van der Waals surface area contributed by atoms with E-state index < -0.39 is 0 Å². The van der Waals surface area contributed by atoms with Gasteiger partial charge in [-0.05, 0) is 31.4 Å². The Hall–Kier alpha value is -2.34. The van der Waals surface area contributed by atoms with E-state index in [4.69, 9.17) is 9.26 Å². The zero-order valence-corrected chi connectivity index (χ0v) is 14.5. The van der Waals surface area contributed by atoms with E-state index in [-0.39, 0.29) is 12.0 Å². The van der Waals surface area contributed by atoms with Crippen LogP contribution in [0.1, 0.15) is 23.2 Å². The fraction of sp³-hybridized carbons (Fsp3) is 0.474. The van der Waals surface area contributed by atoms with Gasteiger partial charge in [-0.25, -0.2) is 0 Å². The normalized spacial score (nSPS) is 20.8. The molecule has 2 aromatic rings. The molecule has 1 saturated heterocycles. The molecule has 6 nitrogen and oxygen atoms in total. The lowest BCUT2D eigenvalue weighted by Gasteiger charge is -2.37. The minimum Gasteiger partial charge on any atom is -0.480 e. The summed E-state index contributed by atoms with van der Waals surface area (Å²) in [4.78, 5) is 17.0. The van der Waals surface area contributed by atoms with Gasteiger partial charge >= 0.3 is 0 Å². The van der Waals surface area contributed by atoms with E-state index in [1.165, 1.54) is 11.1 Å². The van der Waals surface area contributed by atoms with Crippen LogP contribution in [0, 0.1) is 6.92 Å². The zero-order valence-electron chi connectivity index (χ0n) is 14.5. The summed E-state index contributed by atoms with van der Waals surface area (Å²) < 4.78 is 10.9. The minimum atomic E-state index is -0.350. The van der Waals surface area contributed by atoms with Crippen molar-refractivity contribution in [2.24, 2.45) is 0 Å². The van der Waals surface area contributed by atoms with Crippen molar-refractivity contribution >= 4 is 5.91 Å². The van der Waals surface area contributed by atoms with Crippen molar-refractivity contribution in [3.05, 3.63) is 47.3 Å². The molecule has 0 bridgehead atoms. The molecule has 2 aliphatic heterocycles. The molecule has 0 radical (unpaired) electrons. The lowest BCUT2D eigenvalue weighted by Crippen LogP contribution is -2.52. The van der Waals surface area contributed by atoms with Gasteiger partial charge in [0, 0.05) is 38.8 Å². The average molecular weight is 341 g/mol. The van der Waals surface area contributed by atoms with Gasteiger partial charge in [-0.2, -0.15) is 0 Å². The van der Waals surface area contributed by atoms with E-state index in [9.17, 15) is 4.79 Å². The van der Waals surface area contributed by atoms with Crippen LogP contribution >= 0.6 is 0 Å². The van der Waals surface area contributed by atoms with Crippen LogP contribution in [0.15, 0.2) is 35.1 Å². The molecule has 1 unspecified atom stereocenters. The fourth-order valence-electron chi connectivity index (χ4n) is 3.57. The van der Waals surface area contributed by atoms with Crippen molar-refractivity contribution < 1.29 is 14.1 Å². The Balaban J connectivity index is 1.32. The lowest BCUT2D eigenvalue weighted by molar-refractivity contribution is -0.141. The van der Waals surface area contributed by atoms with Crippen molar-refractivity contribution in [1.82, 2.24) is 15.0 Å². The molecular weight excluding hydrogens is 318 g/mol. The summed E-state index contributed by atoms with van der Waals surface area (Å²) in [6.07, 6.45) is 2.90. The van der Waals surface area contributed by atoms with E-state index in [1.807, 2.05) is 23.1 Å². The summed E-state index contributed by atoms with van der Waals surface area (Å²) in [5, 5.41) is 3.95. The van der Waals surface area contributed by atoms with Crippen LogP contribution in [0.4, 0.5) is 0 Å². The zero-order chi connectivity index (χ0) is 17.2. The van der Waals surface area contributed by atoms with E-state index in [0.29, 0.717) is 0 Å². The van der Waals surface area contributed by atoms with E-state index in [0.717, 1.165) is 57.0 Å². The van der Waals surface area contributed by atoms with Crippen LogP contribution in [-0.4, -0.2) is 53.1 Å². The molecule has 1 amide bonds. The first kappa shape index (κ1) is 16.1. The molecule has 1 aromatic heterocycles. The molecule has 132 valence electrons. The molecule has 0 saturated carbocycles. The second kappa shape index (κ2) is 6.88. The van der Waals surface area contributed by atoms with Crippen LogP contribution in [0.25, 0.3) is 0 Å². The Morgan fingerprint density at radius 3 is 2.84 bits per heavy atom. The second-order valence-corrected chi connectivity index (χ2v) is 6.85. The van der Waals surface area contributed by atoms with Gasteiger partial charge in [-0.1, -0.05) is 22.9 Å². The molecule has 0 N–H and O–H groups in total. The third kappa shape index (κ3) is 3.54. The Bertz CT molecular complexity index is 736. The second-order valence-electron chi connectivity index (χ2n) is 6.85. The van der Waals surface area contributed by atoms with Crippen molar-refractivity contribution in [2.75, 3.05) is 26.2 Å². The number of amides is 1. The van der Waals surface area contributed by atoms with Gasteiger partial charge in [0.2, 0.25) is 0 Å². The van der Waals surface area contributed by atoms with Gasteiger partial charge in [0.05, 0.1) is 5.69 Å². The Morgan fingerprint density at radius 2 is 2.08 bits per heavy atom. The smallest absolute Gasteiger partial charge is 0.263 e. The summed E-state index contributed by atoms with van der Waals surface area (Å²) in [6, 6.07) is 8.06. The number of ether oxygens (including phenoxy) is 1. The van der Waals surface area contributed by atoms with Crippen molar-refractivity contribution in [1.29, 1.82) is 0 Å². The Kier molecular flexibility index (Phi) is 4.44. The predicted molar refractivity (Wildman–Crippen MR) is 92.3 cm³/mol. The molecule has 1 atom stereocenters. The Labute approximate surface area is 147 Å². The SMILES string of the molecule is Cc1ccc2c(c1)CCC(C(=O)N1CCN(Cc3ccon3)CC1)O2. The van der Waals surface area contributed by atoms with Crippen molar-refractivity contribution in [3.8, 4) is 5.75 Å². The lowest BCUT2D eigenvalue weighted by atomic mass is 9.99. The molecule has 1 fully saturated rings. The highest BCUT2D eigenvalue weighted by molar-refractivity contribution is 5.81. The van der Waals surface area contributed by atoms with Crippen LogP contribution in [-0.2, 0) is 17.8 Å². The summed E-state index contributed by atoms with van der Waals surface area (Å²) in [5.74, 6) is 0.979. The predicted octanol–water partition coefficient (Wildman–Crippen LogP) is 2.02. The number of benzene rings is 1. The van der Waals surface area contributed by atoms with Gasteiger partial charge in [0.1, 0.15) is 12.0 Å². The number of aryl methyl sites for hydroxylation is 2. The third-order valence-electron chi connectivity index (χ3n) is 5.00. The number of nitrogens with zero attached hydrogens (tertiary/aromatic N) is 3. The maximum absolute atomic E-state index is 12.8. The van der Waals surface area contributed by atoms with Gasteiger partial charge in [0.25, 0.3) is 5.91 Å². The number of fused-ring (bicyclic) bond motifs is 1. The van der Waals surface area contributed by atoms with Crippen LogP contribution in [0.5, 0.6) is 5.75 Å². The maximum atomic E-state index is 12.8.